The third kappa shape index (κ3) is 3.06. The van der Waals surface area contributed by atoms with Crippen molar-refractivity contribution in [1.82, 2.24) is 4.57 Å². The molecule has 148 valence electrons. The van der Waals surface area contributed by atoms with Gasteiger partial charge in [-0.15, -0.1) is 11.3 Å². The van der Waals surface area contributed by atoms with Crippen molar-refractivity contribution in [3.05, 3.63) is 60.7 Å². The summed E-state index contributed by atoms with van der Waals surface area (Å²) in [5.74, 6) is -0.833. The average Bonchev–Trinajstić information content (AvgIpc) is 3.30. The number of fused-ring (bicyclic) bond motifs is 1. The summed E-state index contributed by atoms with van der Waals surface area (Å²) in [6, 6.07) is 7.46. The van der Waals surface area contributed by atoms with Crippen LogP contribution in [-0.4, -0.2) is 15.5 Å². The second-order valence-electron chi connectivity index (χ2n) is 7.50. The number of pyridine rings is 1. The van der Waals surface area contributed by atoms with E-state index in [1.807, 2.05) is 31.2 Å². The number of thiophene rings is 1. The highest BCUT2D eigenvalue weighted by Crippen LogP contribution is 2.40. The monoisotopic (exact) mass is 426 g/mol. The minimum Gasteiger partial charge on any atom is -0.494 e. The first kappa shape index (κ1) is 19.7. The van der Waals surface area contributed by atoms with E-state index in [-0.39, 0.29) is 28.6 Å². The Balaban J connectivity index is 1.96. The quantitative estimate of drug-likeness (QED) is 0.579. The van der Waals surface area contributed by atoms with Crippen molar-refractivity contribution in [1.29, 1.82) is 5.26 Å². The van der Waals surface area contributed by atoms with Gasteiger partial charge in [-0.25, -0.2) is 0 Å². The summed E-state index contributed by atoms with van der Waals surface area (Å²) in [4.78, 5) is 26.6. The minimum atomic E-state index is -0.538. The molecule has 29 heavy (non-hydrogen) atoms. The van der Waals surface area contributed by atoms with Gasteiger partial charge >= 0.3 is 0 Å². The van der Waals surface area contributed by atoms with Gasteiger partial charge in [-0.1, -0.05) is 36.6 Å². The summed E-state index contributed by atoms with van der Waals surface area (Å²) in [5.41, 5.74) is 0.585. The average molecular weight is 427 g/mol. The number of aromatic nitrogens is 1. The summed E-state index contributed by atoms with van der Waals surface area (Å²) in [6.45, 7) is 3.48. The van der Waals surface area contributed by atoms with Crippen LogP contribution in [0.2, 0.25) is 5.02 Å². The number of ketones is 1. The number of carbonyl (C=O) groups is 1. The van der Waals surface area contributed by atoms with Crippen LogP contribution in [0.1, 0.15) is 63.7 Å². The first-order valence-electron chi connectivity index (χ1n) is 9.46. The highest BCUT2D eigenvalue weighted by atomic mass is 35.5. The van der Waals surface area contributed by atoms with Crippen LogP contribution in [0.5, 0.6) is 5.88 Å². The summed E-state index contributed by atoms with van der Waals surface area (Å²) in [5, 5.41) is 21.6. The highest BCUT2D eigenvalue weighted by Gasteiger charge is 2.31. The highest BCUT2D eigenvalue weighted by molar-refractivity contribution is 7.21. The second kappa shape index (κ2) is 7.33. The molecule has 5 nitrogen and oxygen atoms in total. The predicted octanol–water partition coefficient (Wildman–Crippen LogP) is 5.26. The Kier molecular flexibility index (Phi) is 4.97. The molecule has 0 amide bonds. The molecule has 1 aliphatic rings. The SMILES string of the molecule is Cc1ccc2c(Cl)c(C(=O)c3c(C)c(C#N)c(=O)n(C4CCCC4)c3O)sc2c1. The van der Waals surface area contributed by atoms with Crippen molar-refractivity contribution in [3.63, 3.8) is 0 Å². The number of benzene rings is 1. The zero-order valence-electron chi connectivity index (χ0n) is 16.1. The molecule has 3 aromatic rings. The first-order chi connectivity index (χ1) is 13.8. The van der Waals surface area contributed by atoms with E-state index < -0.39 is 11.3 Å². The number of aryl methyl sites for hydroxylation is 1. The van der Waals surface area contributed by atoms with Gasteiger partial charge in [0.25, 0.3) is 5.56 Å². The molecule has 4 rings (SSSR count). The molecule has 0 saturated heterocycles. The lowest BCUT2D eigenvalue weighted by molar-refractivity contribution is 0.103. The number of aromatic hydroxyl groups is 1. The Morgan fingerprint density at radius 2 is 2.00 bits per heavy atom. The topological polar surface area (TPSA) is 83.1 Å². The van der Waals surface area contributed by atoms with Crippen LogP contribution in [0.25, 0.3) is 10.1 Å². The van der Waals surface area contributed by atoms with Gasteiger partial charge in [-0.05, 0) is 43.9 Å². The smallest absolute Gasteiger partial charge is 0.271 e. The number of halogens is 1. The minimum absolute atomic E-state index is 0.0155. The molecule has 1 N–H and O–H groups in total. The van der Waals surface area contributed by atoms with Crippen molar-refractivity contribution in [2.24, 2.45) is 0 Å². The number of nitrogens with zero attached hydrogens (tertiary/aromatic N) is 2. The lowest BCUT2D eigenvalue weighted by Gasteiger charge is -2.19. The fourth-order valence-electron chi connectivity index (χ4n) is 4.13. The molecule has 0 atom stereocenters. The Morgan fingerprint density at radius 3 is 2.66 bits per heavy atom. The Labute approximate surface area is 176 Å². The second-order valence-corrected chi connectivity index (χ2v) is 8.93. The summed E-state index contributed by atoms with van der Waals surface area (Å²) < 4.78 is 2.11. The molecule has 1 aromatic carbocycles. The molecular formula is C22H19ClN2O3S. The van der Waals surface area contributed by atoms with E-state index in [4.69, 9.17) is 11.6 Å². The van der Waals surface area contributed by atoms with Crippen LogP contribution in [0.4, 0.5) is 0 Å². The summed E-state index contributed by atoms with van der Waals surface area (Å²) in [7, 11) is 0. The van der Waals surface area contributed by atoms with E-state index in [0.29, 0.717) is 9.90 Å². The van der Waals surface area contributed by atoms with Crippen molar-refractivity contribution < 1.29 is 9.90 Å². The summed E-state index contributed by atoms with van der Waals surface area (Å²) in [6.07, 6.45) is 3.35. The molecule has 7 heteroatoms. The third-order valence-corrected chi connectivity index (χ3v) is 7.31. The molecule has 1 saturated carbocycles. The van der Waals surface area contributed by atoms with E-state index in [9.17, 15) is 20.0 Å². The maximum Gasteiger partial charge on any atom is 0.271 e. The first-order valence-corrected chi connectivity index (χ1v) is 10.7. The van der Waals surface area contributed by atoms with Crippen LogP contribution in [0, 0.1) is 25.2 Å². The maximum absolute atomic E-state index is 13.5. The maximum atomic E-state index is 13.5. The standard InChI is InChI=1S/C22H19ClN2O3S/c1-11-7-8-14-16(9-11)29-20(18(14)23)19(26)17-12(2)15(10-24)21(27)25(22(17)28)13-5-3-4-6-13/h7-9,13,28H,3-6H2,1-2H3. The normalized spacial score (nSPS) is 14.4. The molecule has 1 fully saturated rings. The zero-order valence-corrected chi connectivity index (χ0v) is 17.7. The fourth-order valence-corrected chi connectivity index (χ4v) is 5.69. The molecule has 0 radical (unpaired) electrons. The van der Waals surface area contributed by atoms with Crippen molar-refractivity contribution in [3.8, 4) is 11.9 Å². The molecule has 2 heterocycles. The lowest BCUT2D eigenvalue weighted by Crippen LogP contribution is -2.29. The number of hydrogen-bond donors (Lipinski definition) is 1. The van der Waals surface area contributed by atoms with Crippen LogP contribution in [-0.2, 0) is 0 Å². The van der Waals surface area contributed by atoms with Gasteiger partial charge in [0.1, 0.15) is 11.6 Å². The largest absolute Gasteiger partial charge is 0.494 e. The third-order valence-electron chi connectivity index (χ3n) is 5.65. The van der Waals surface area contributed by atoms with Crippen LogP contribution in [0.3, 0.4) is 0 Å². The van der Waals surface area contributed by atoms with E-state index in [2.05, 4.69) is 0 Å². The van der Waals surface area contributed by atoms with Crippen molar-refractivity contribution in [2.75, 3.05) is 0 Å². The van der Waals surface area contributed by atoms with Gasteiger partial charge in [0.2, 0.25) is 11.7 Å². The predicted molar refractivity (Wildman–Crippen MR) is 114 cm³/mol. The number of rotatable bonds is 3. The molecule has 1 aliphatic carbocycles. The van der Waals surface area contributed by atoms with Gasteiger partial charge in [-0.2, -0.15) is 5.26 Å². The Morgan fingerprint density at radius 1 is 1.31 bits per heavy atom. The fraction of sp³-hybridized carbons (Fsp3) is 0.318. The van der Waals surface area contributed by atoms with Gasteiger partial charge in [0.15, 0.2) is 0 Å². The van der Waals surface area contributed by atoms with Crippen LogP contribution < -0.4 is 5.56 Å². The van der Waals surface area contributed by atoms with Crippen molar-refractivity contribution >= 4 is 38.8 Å². The number of carbonyl (C=O) groups excluding carboxylic acids is 1. The van der Waals surface area contributed by atoms with Crippen molar-refractivity contribution in [2.45, 2.75) is 45.6 Å². The van der Waals surface area contributed by atoms with Gasteiger partial charge in [-0.3, -0.25) is 14.2 Å². The van der Waals surface area contributed by atoms with Gasteiger partial charge in [0.05, 0.1) is 15.5 Å². The summed E-state index contributed by atoms with van der Waals surface area (Å²) >= 11 is 7.76. The number of hydrogen-bond acceptors (Lipinski definition) is 5. The van der Waals surface area contributed by atoms with E-state index in [0.717, 1.165) is 41.3 Å². The lowest BCUT2D eigenvalue weighted by atomic mass is 9.99. The van der Waals surface area contributed by atoms with E-state index >= 15 is 0 Å². The molecule has 0 spiro atoms. The Bertz CT molecular complexity index is 1260. The molecular weight excluding hydrogens is 408 g/mol. The van der Waals surface area contributed by atoms with Crippen LogP contribution >= 0.6 is 22.9 Å². The molecule has 2 aromatic heterocycles. The number of nitriles is 1. The van der Waals surface area contributed by atoms with Crippen LogP contribution in [0.15, 0.2) is 23.0 Å². The van der Waals surface area contributed by atoms with E-state index in [1.165, 1.54) is 22.8 Å². The van der Waals surface area contributed by atoms with E-state index in [1.54, 1.807) is 0 Å². The Hall–Kier alpha value is -2.62. The van der Waals surface area contributed by atoms with Gasteiger partial charge < -0.3 is 5.11 Å². The van der Waals surface area contributed by atoms with Gasteiger partial charge in [0, 0.05) is 16.1 Å². The molecule has 0 aliphatic heterocycles. The molecule has 0 bridgehead atoms. The zero-order chi connectivity index (χ0) is 20.9. The molecule has 0 unspecified atom stereocenters.